The molecule has 2 unspecified atom stereocenters. The number of nitrogens with zero attached hydrogens (tertiary/aromatic N) is 2. The Morgan fingerprint density at radius 2 is 2.44 bits per heavy atom. The predicted molar refractivity (Wildman–Crippen MR) is 62.2 cm³/mol. The molecule has 0 aromatic carbocycles. The number of nitrogen functional groups attached to an aromatic ring is 1. The molecule has 1 aromatic rings. The van der Waals surface area contributed by atoms with Crippen molar-refractivity contribution in [1.82, 2.24) is 9.55 Å². The molecule has 0 aliphatic carbocycles. The molecule has 0 spiro atoms. The maximum atomic E-state index is 13.6. The van der Waals surface area contributed by atoms with Crippen LogP contribution in [-0.4, -0.2) is 45.7 Å². The Bertz CT molecular complexity index is 484. The lowest BCUT2D eigenvalue weighted by Crippen LogP contribution is -2.32. The fraction of sp³-hybridized carbons (Fsp3) is 0.400. The molecule has 7 nitrogen and oxygen atoms in total. The third-order valence-corrected chi connectivity index (χ3v) is 2.23. The summed E-state index contributed by atoms with van der Waals surface area (Å²) in [5.41, 5.74) is 4.49. The molecule has 1 rings (SSSR count). The van der Waals surface area contributed by atoms with Crippen LogP contribution in [0.4, 0.5) is 10.2 Å². The van der Waals surface area contributed by atoms with Gasteiger partial charge in [-0.1, -0.05) is 0 Å². The van der Waals surface area contributed by atoms with Crippen LogP contribution in [-0.2, 0) is 4.74 Å². The summed E-state index contributed by atoms with van der Waals surface area (Å²) in [4.78, 5) is 14.7. The molecule has 1 aromatic heterocycles. The SMILES string of the molecule is COC(CO)C(O)C(F)=Cn1ccc(N)nc1=O. The highest BCUT2D eigenvalue weighted by atomic mass is 19.1. The van der Waals surface area contributed by atoms with E-state index in [0.29, 0.717) is 0 Å². The molecule has 4 N–H and O–H groups in total. The summed E-state index contributed by atoms with van der Waals surface area (Å²) in [6.07, 6.45) is -0.832. The minimum atomic E-state index is -1.68. The molecule has 0 saturated carbocycles. The van der Waals surface area contributed by atoms with E-state index in [1.807, 2.05) is 0 Å². The fourth-order valence-corrected chi connectivity index (χ4v) is 1.21. The molecule has 0 aliphatic rings. The average Bonchev–Trinajstić information content (AvgIpc) is 2.34. The van der Waals surface area contributed by atoms with Crippen molar-refractivity contribution in [3.8, 4) is 0 Å². The van der Waals surface area contributed by atoms with Gasteiger partial charge in [-0.2, -0.15) is 4.98 Å². The first kappa shape index (κ1) is 14.3. The summed E-state index contributed by atoms with van der Waals surface area (Å²) in [6.45, 7) is -0.562. The highest BCUT2D eigenvalue weighted by molar-refractivity contribution is 5.32. The van der Waals surface area contributed by atoms with Gasteiger partial charge in [0.25, 0.3) is 0 Å². The Morgan fingerprint density at radius 1 is 1.78 bits per heavy atom. The van der Waals surface area contributed by atoms with Gasteiger partial charge in [-0.25, -0.2) is 9.18 Å². The number of ether oxygens (including phenoxy) is 1. The van der Waals surface area contributed by atoms with E-state index in [9.17, 15) is 14.3 Å². The van der Waals surface area contributed by atoms with E-state index in [0.717, 1.165) is 10.8 Å². The summed E-state index contributed by atoms with van der Waals surface area (Å²) >= 11 is 0. The van der Waals surface area contributed by atoms with E-state index in [1.54, 1.807) is 0 Å². The van der Waals surface area contributed by atoms with Crippen molar-refractivity contribution in [1.29, 1.82) is 0 Å². The number of hydrogen-bond acceptors (Lipinski definition) is 6. The third-order valence-electron chi connectivity index (χ3n) is 2.23. The number of aliphatic hydroxyl groups is 2. The summed E-state index contributed by atoms with van der Waals surface area (Å²) < 4.78 is 19.1. The fourth-order valence-electron chi connectivity index (χ4n) is 1.21. The van der Waals surface area contributed by atoms with Crippen LogP contribution in [0.5, 0.6) is 0 Å². The highest BCUT2D eigenvalue weighted by Gasteiger charge is 2.22. The Balaban J connectivity index is 2.98. The molecule has 0 amide bonds. The second-order valence-electron chi connectivity index (χ2n) is 3.46. The van der Waals surface area contributed by atoms with E-state index >= 15 is 0 Å². The van der Waals surface area contributed by atoms with Crippen molar-refractivity contribution < 1.29 is 19.3 Å². The van der Waals surface area contributed by atoms with Crippen molar-refractivity contribution in [3.05, 3.63) is 28.6 Å². The molecule has 0 bridgehead atoms. The van der Waals surface area contributed by atoms with Crippen molar-refractivity contribution in [2.45, 2.75) is 12.2 Å². The van der Waals surface area contributed by atoms with Crippen LogP contribution >= 0.6 is 0 Å². The van der Waals surface area contributed by atoms with Gasteiger partial charge in [0.05, 0.1) is 6.61 Å². The Morgan fingerprint density at radius 3 is 2.94 bits per heavy atom. The lowest BCUT2D eigenvalue weighted by Gasteiger charge is -2.17. The Hall–Kier alpha value is -1.77. The van der Waals surface area contributed by atoms with E-state index in [-0.39, 0.29) is 5.82 Å². The summed E-state index contributed by atoms with van der Waals surface area (Å²) in [5.74, 6) is -1.03. The monoisotopic (exact) mass is 259 g/mol. The number of methoxy groups -OCH3 is 1. The van der Waals surface area contributed by atoms with Gasteiger partial charge in [0.2, 0.25) is 0 Å². The van der Waals surface area contributed by atoms with Crippen molar-refractivity contribution in [3.63, 3.8) is 0 Å². The Kier molecular flexibility index (Phi) is 4.95. The number of halogens is 1. The molecule has 0 aliphatic heterocycles. The van der Waals surface area contributed by atoms with Gasteiger partial charge < -0.3 is 20.7 Å². The summed E-state index contributed by atoms with van der Waals surface area (Å²) in [7, 11) is 1.22. The van der Waals surface area contributed by atoms with Gasteiger partial charge >= 0.3 is 5.69 Å². The van der Waals surface area contributed by atoms with Crippen LogP contribution in [0.25, 0.3) is 6.20 Å². The zero-order valence-corrected chi connectivity index (χ0v) is 9.65. The van der Waals surface area contributed by atoms with E-state index in [4.69, 9.17) is 10.8 Å². The van der Waals surface area contributed by atoms with E-state index < -0.39 is 30.3 Å². The van der Waals surface area contributed by atoms with Gasteiger partial charge in [0, 0.05) is 19.5 Å². The second-order valence-corrected chi connectivity index (χ2v) is 3.46. The minimum absolute atomic E-state index is 0.00994. The number of hydrogen-bond donors (Lipinski definition) is 3. The second kappa shape index (κ2) is 6.24. The van der Waals surface area contributed by atoms with Crippen LogP contribution in [0.1, 0.15) is 0 Å². The first-order valence-electron chi connectivity index (χ1n) is 5.03. The maximum absolute atomic E-state index is 13.6. The smallest absolute Gasteiger partial charge is 0.353 e. The quantitative estimate of drug-likeness (QED) is 0.623. The molecule has 8 heteroatoms. The Labute approximate surface area is 102 Å². The first-order valence-corrected chi connectivity index (χ1v) is 5.03. The molecule has 0 fully saturated rings. The van der Waals surface area contributed by atoms with Crippen molar-refractivity contribution in [2.75, 3.05) is 19.5 Å². The van der Waals surface area contributed by atoms with Gasteiger partial charge in [-0.05, 0) is 6.07 Å². The van der Waals surface area contributed by atoms with E-state index in [2.05, 4.69) is 9.72 Å². The summed E-state index contributed by atoms with van der Waals surface area (Å²) in [6, 6.07) is 1.30. The van der Waals surface area contributed by atoms with Crippen molar-refractivity contribution in [2.24, 2.45) is 0 Å². The number of anilines is 1. The maximum Gasteiger partial charge on any atom is 0.353 e. The number of aromatic nitrogens is 2. The topological polar surface area (TPSA) is 111 Å². The molecule has 1 heterocycles. The normalized spacial score (nSPS) is 15.4. The summed E-state index contributed by atoms with van der Waals surface area (Å²) in [5, 5.41) is 18.3. The zero-order chi connectivity index (χ0) is 13.7. The molecule has 100 valence electrons. The molecular formula is C10H14FN3O4. The largest absolute Gasteiger partial charge is 0.394 e. The third kappa shape index (κ3) is 3.36. The molecule has 0 saturated heterocycles. The van der Waals surface area contributed by atoms with Gasteiger partial charge in [-0.3, -0.25) is 4.57 Å². The van der Waals surface area contributed by atoms with Crippen LogP contribution in [0.2, 0.25) is 0 Å². The molecule has 18 heavy (non-hydrogen) atoms. The van der Waals surface area contributed by atoms with Crippen LogP contribution in [0.15, 0.2) is 22.9 Å². The van der Waals surface area contributed by atoms with Gasteiger partial charge in [-0.15, -0.1) is 0 Å². The van der Waals surface area contributed by atoms with Crippen LogP contribution in [0, 0.1) is 0 Å². The van der Waals surface area contributed by atoms with Gasteiger partial charge in [0.1, 0.15) is 23.9 Å². The van der Waals surface area contributed by atoms with Crippen molar-refractivity contribution >= 4 is 12.0 Å². The van der Waals surface area contributed by atoms with Crippen LogP contribution < -0.4 is 11.4 Å². The molecular weight excluding hydrogens is 245 g/mol. The number of nitrogens with two attached hydrogens (primary N) is 1. The first-order chi connectivity index (χ1) is 8.49. The average molecular weight is 259 g/mol. The lowest BCUT2D eigenvalue weighted by molar-refractivity contribution is -0.0327. The minimum Gasteiger partial charge on any atom is -0.394 e. The number of rotatable bonds is 5. The zero-order valence-electron chi connectivity index (χ0n) is 9.65. The van der Waals surface area contributed by atoms with Gasteiger partial charge in [0.15, 0.2) is 0 Å². The standard InChI is InChI=1S/C10H14FN3O4/c1-18-7(5-15)9(16)6(11)4-14-3-2-8(12)13-10(14)17/h2-4,7,9,15-16H,5H2,1H3,(H2,12,13,17). The predicted octanol–water partition coefficient (Wildman–Crippen LogP) is -1.04. The van der Waals surface area contributed by atoms with E-state index in [1.165, 1.54) is 19.4 Å². The number of aliphatic hydroxyl groups excluding tert-OH is 2. The highest BCUT2D eigenvalue weighted by Crippen LogP contribution is 2.11. The molecule has 2 atom stereocenters. The lowest BCUT2D eigenvalue weighted by atomic mass is 10.2. The van der Waals surface area contributed by atoms with Crippen LogP contribution in [0.3, 0.4) is 0 Å². The molecule has 0 radical (unpaired) electrons.